The highest BCUT2D eigenvalue weighted by Crippen LogP contribution is 2.35. The molecule has 0 saturated heterocycles. The van der Waals surface area contributed by atoms with E-state index in [2.05, 4.69) is 5.32 Å². The maximum atomic E-state index is 14.5. The van der Waals surface area contributed by atoms with Crippen LogP contribution in [0.5, 0.6) is 11.5 Å². The van der Waals surface area contributed by atoms with Crippen molar-refractivity contribution in [2.24, 2.45) is 0 Å². The number of imide groups is 1. The van der Waals surface area contributed by atoms with E-state index in [1.165, 1.54) is 18.2 Å². The fourth-order valence-electron chi connectivity index (χ4n) is 3.47. The molecule has 3 aromatic carbocycles. The number of carbonyl (C=O) groups excluding carboxylic acids is 2. The van der Waals surface area contributed by atoms with Gasteiger partial charge in [-0.05, 0) is 61.0 Å². The summed E-state index contributed by atoms with van der Waals surface area (Å²) in [6.07, 6.45) is 0. The normalized spacial score (nSPS) is 13.5. The first-order chi connectivity index (χ1) is 15.5. The number of benzene rings is 3. The molecule has 0 fully saturated rings. The molecule has 1 N–H and O–H groups in total. The van der Waals surface area contributed by atoms with Crippen LogP contribution in [0.25, 0.3) is 5.57 Å². The van der Waals surface area contributed by atoms with Crippen LogP contribution in [0, 0.1) is 5.82 Å². The molecule has 1 aliphatic rings. The molecule has 0 saturated carbocycles. The van der Waals surface area contributed by atoms with E-state index in [4.69, 9.17) is 9.47 Å². The third kappa shape index (κ3) is 3.92. The molecule has 4 rings (SSSR count). The van der Waals surface area contributed by atoms with Gasteiger partial charge in [-0.3, -0.25) is 9.59 Å². The van der Waals surface area contributed by atoms with Crippen molar-refractivity contribution in [3.63, 3.8) is 0 Å². The summed E-state index contributed by atoms with van der Waals surface area (Å²) in [6.45, 7) is 2.38. The first kappa shape index (κ1) is 21.1. The van der Waals surface area contributed by atoms with Gasteiger partial charge >= 0.3 is 0 Å². The second kappa shape index (κ2) is 8.93. The highest BCUT2D eigenvalue weighted by molar-refractivity contribution is 6.46. The molecule has 0 unspecified atom stereocenters. The SMILES string of the molecule is CCOc1ccc(C2=C(Nc3ccc(OC)cc3)C(=O)N(c3ccccc3F)C2=O)cc1. The van der Waals surface area contributed by atoms with Crippen molar-refractivity contribution in [3.05, 3.63) is 89.9 Å². The van der Waals surface area contributed by atoms with E-state index in [0.717, 1.165) is 4.90 Å². The summed E-state index contributed by atoms with van der Waals surface area (Å²) >= 11 is 0. The van der Waals surface area contributed by atoms with Crippen molar-refractivity contribution in [1.82, 2.24) is 0 Å². The second-order valence-corrected chi connectivity index (χ2v) is 6.96. The molecule has 2 amide bonds. The fraction of sp³-hybridized carbons (Fsp3) is 0.120. The molecule has 7 heteroatoms. The van der Waals surface area contributed by atoms with Crippen LogP contribution in [0.15, 0.2) is 78.5 Å². The smallest absolute Gasteiger partial charge is 0.282 e. The van der Waals surface area contributed by atoms with Crippen molar-refractivity contribution in [2.45, 2.75) is 6.92 Å². The molecule has 0 atom stereocenters. The summed E-state index contributed by atoms with van der Waals surface area (Å²) in [5, 5.41) is 3.04. The number of rotatable bonds is 7. The van der Waals surface area contributed by atoms with Crippen LogP contribution >= 0.6 is 0 Å². The van der Waals surface area contributed by atoms with Gasteiger partial charge in [-0.1, -0.05) is 24.3 Å². The molecular formula is C25H21FN2O4. The van der Waals surface area contributed by atoms with Gasteiger partial charge in [-0.25, -0.2) is 9.29 Å². The van der Waals surface area contributed by atoms with Crippen LogP contribution in [0.1, 0.15) is 12.5 Å². The van der Waals surface area contributed by atoms with Gasteiger partial charge in [-0.2, -0.15) is 0 Å². The number of carbonyl (C=O) groups is 2. The lowest BCUT2D eigenvalue weighted by atomic mass is 10.0. The van der Waals surface area contributed by atoms with Gasteiger partial charge in [0, 0.05) is 5.69 Å². The minimum absolute atomic E-state index is 0.0626. The Morgan fingerprint density at radius 1 is 0.875 bits per heavy atom. The summed E-state index contributed by atoms with van der Waals surface area (Å²) < 4.78 is 25.1. The topological polar surface area (TPSA) is 67.9 Å². The third-order valence-electron chi connectivity index (χ3n) is 4.99. The second-order valence-electron chi connectivity index (χ2n) is 6.96. The Balaban J connectivity index is 1.78. The average molecular weight is 432 g/mol. The van der Waals surface area contributed by atoms with Crippen LogP contribution in [0.3, 0.4) is 0 Å². The molecule has 162 valence electrons. The Labute approximate surface area is 184 Å². The number of nitrogens with zero attached hydrogens (tertiary/aromatic N) is 1. The number of hydrogen-bond donors (Lipinski definition) is 1. The quantitative estimate of drug-likeness (QED) is 0.552. The van der Waals surface area contributed by atoms with Crippen LogP contribution in [-0.4, -0.2) is 25.5 Å². The number of methoxy groups -OCH3 is 1. The van der Waals surface area contributed by atoms with E-state index >= 15 is 0 Å². The Morgan fingerprint density at radius 3 is 2.16 bits per heavy atom. The molecule has 0 spiro atoms. The van der Waals surface area contributed by atoms with Gasteiger partial charge in [0.15, 0.2) is 0 Å². The zero-order valence-electron chi connectivity index (χ0n) is 17.6. The molecule has 1 aliphatic heterocycles. The van der Waals surface area contributed by atoms with Gasteiger partial charge in [0.2, 0.25) is 0 Å². The lowest BCUT2D eigenvalue weighted by molar-refractivity contribution is -0.120. The average Bonchev–Trinajstić information content (AvgIpc) is 3.05. The van der Waals surface area contributed by atoms with Gasteiger partial charge in [0.1, 0.15) is 23.0 Å². The summed E-state index contributed by atoms with van der Waals surface area (Å²) in [5.41, 5.74) is 1.21. The van der Waals surface area contributed by atoms with Crippen LogP contribution in [-0.2, 0) is 9.59 Å². The maximum Gasteiger partial charge on any atom is 0.282 e. The Hall–Kier alpha value is -4.13. The lowest BCUT2D eigenvalue weighted by Gasteiger charge is -2.16. The van der Waals surface area contributed by atoms with Crippen LogP contribution < -0.4 is 19.7 Å². The van der Waals surface area contributed by atoms with E-state index in [1.807, 2.05) is 6.92 Å². The van der Waals surface area contributed by atoms with E-state index < -0.39 is 17.6 Å². The molecule has 0 aliphatic carbocycles. The van der Waals surface area contributed by atoms with Gasteiger partial charge in [0.25, 0.3) is 11.8 Å². The number of para-hydroxylation sites is 1. The van der Waals surface area contributed by atoms with Crippen LogP contribution in [0.2, 0.25) is 0 Å². The molecular weight excluding hydrogens is 411 g/mol. The standard InChI is InChI=1S/C25H21FN2O4/c1-3-32-19-12-8-16(9-13-19)22-23(27-17-10-14-18(31-2)15-11-17)25(30)28(24(22)29)21-7-5-4-6-20(21)26/h4-15,27H,3H2,1-2H3. The van der Waals surface area contributed by atoms with E-state index in [-0.39, 0.29) is 17.0 Å². The van der Waals surface area contributed by atoms with Crippen molar-refractivity contribution in [3.8, 4) is 11.5 Å². The van der Waals surface area contributed by atoms with Gasteiger partial charge in [0.05, 0.1) is 25.0 Å². The molecule has 0 bridgehead atoms. The van der Waals surface area contributed by atoms with Gasteiger partial charge in [-0.15, -0.1) is 0 Å². The number of amides is 2. The first-order valence-electron chi connectivity index (χ1n) is 10.1. The van der Waals surface area contributed by atoms with Crippen molar-refractivity contribution in [2.75, 3.05) is 23.9 Å². The Kier molecular flexibility index (Phi) is 5.89. The highest BCUT2D eigenvalue weighted by Gasteiger charge is 2.41. The van der Waals surface area contributed by atoms with E-state index in [0.29, 0.717) is 29.4 Å². The zero-order valence-corrected chi connectivity index (χ0v) is 17.6. The summed E-state index contributed by atoms with van der Waals surface area (Å²) in [4.78, 5) is 27.5. The van der Waals surface area contributed by atoms with Crippen molar-refractivity contribution in [1.29, 1.82) is 0 Å². The van der Waals surface area contributed by atoms with E-state index in [1.54, 1.807) is 61.7 Å². The Morgan fingerprint density at radius 2 is 1.53 bits per heavy atom. The van der Waals surface area contributed by atoms with Crippen molar-refractivity contribution < 1.29 is 23.5 Å². The predicted molar refractivity (Wildman–Crippen MR) is 120 cm³/mol. The molecule has 0 aromatic heterocycles. The van der Waals surface area contributed by atoms with Crippen LogP contribution in [0.4, 0.5) is 15.8 Å². The summed E-state index contributed by atoms with van der Waals surface area (Å²) in [5.74, 6) is -0.617. The minimum Gasteiger partial charge on any atom is -0.497 e. The number of anilines is 2. The lowest BCUT2D eigenvalue weighted by Crippen LogP contribution is -2.33. The predicted octanol–water partition coefficient (Wildman–Crippen LogP) is 4.63. The number of halogens is 1. The molecule has 3 aromatic rings. The van der Waals surface area contributed by atoms with E-state index in [9.17, 15) is 14.0 Å². The molecule has 32 heavy (non-hydrogen) atoms. The van der Waals surface area contributed by atoms with Crippen molar-refractivity contribution >= 4 is 28.8 Å². The molecule has 0 radical (unpaired) electrons. The monoisotopic (exact) mass is 432 g/mol. The fourth-order valence-corrected chi connectivity index (χ4v) is 3.47. The Bertz CT molecular complexity index is 1190. The maximum absolute atomic E-state index is 14.5. The zero-order chi connectivity index (χ0) is 22.7. The molecule has 6 nitrogen and oxygen atoms in total. The number of hydrogen-bond acceptors (Lipinski definition) is 5. The number of nitrogens with one attached hydrogen (secondary N) is 1. The summed E-state index contributed by atoms with van der Waals surface area (Å²) in [6, 6.07) is 19.4. The molecule has 1 heterocycles. The third-order valence-corrected chi connectivity index (χ3v) is 4.99. The largest absolute Gasteiger partial charge is 0.497 e. The summed E-state index contributed by atoms with van der Waals surface area (Å²) in [7, 11) is 1.56. The van der Waals surface area contributed by atoms with Gasteiger partial charge < -0.3 is 14.8 Å². The minimum atomic E-state index is -0.661. The number of ether oxygens (including phenoxy) is 2. The first-order valence-corrected chi connectivity index (χ1v) is 10.1. The highest BCUT2D eigenvalue weighted by atomic mass is 19.1.